The molecule has 0 bridgehead atoms. The van der Waals surface area contributed by atoms with Gasteiger partial charge in [0.15, 0.2) is 23.5 Å². The van der Waals surface area contributed by atoms with Gasteiger partial charge in [0.05, 0.1) is 83.4 Å². The molecule has 11 atom stereocenters. The largest absolute Gasteiger partial charge is 0.493 e. The molecule has 1 unspecified atom stereocenters. The second-order valence-corrected chi connectivity index (χ2v) is 32.4. The first kappa shape index (κ1) is 92.6. The molecule has 5 aliphatic carbocycles. The monoisotopic (exact) mass is 1650 g/mol. The summed E-state index contributed by atoms with van der Waals surface area (Å²) in [6, 6.07) is 2.23. The molecule has 7 aliphatic rings. The SMILES string of the molecule is C[C@H](NC(=O)CCc1ccc(N2C(=O)C=CC2=O)cc1OCCCC(=O)N(C)CC(=O)N(C)CC(=O)N(C)CC(=O)N(C)CC(=O)N(C)CC(=O)N(C)CC(=O)N(C)CC(=O)N(C)CC(=O)N(C)CC(=O)N(C)CC(=O)O)C(=O)N[C@@H](C)C(=O)NCOCC(=O)[C@@]12OC(C3CCC3)O[C@@H]1C[C@H]1[C@@H]3CCC4=CC(=O)C=C[C@]4(C)[C@H]3[C@@H](O)C[C@@]12C. The second-order valence-electron chi connectivity index (χ2n) is 32.4. The normalized spacial score (nSPS) is 23.1. The number of carbonyl (C=O) groups excluding carboxylic acids is 17. The van der Waals surface area contributed by atoms with Crippen molar-refractivity contribution in [1.82, 2.24) is 64.9 Å². The molecule has 118 heavy (non-hydrogen) atoms. The van der Waals surface area contributed by atoms with Crippen molar-refractivity contribution in [2.24, 2.45) is 34.5 Å². The summed E-state index contributed by atoms with van der Waals surface area (Å²) >= 11 is 0. The van der Waals surface area contributed by atoms with Crippen molar-refractivity contribution in [2.45, 2.75) is 135 Å². The molecule has 646 valence electrons. The Morgan fingerprint density at radius 2 is 1.06 bits per heavy atom. The molecule has 5 N–H and O–H groups in total. The Balaban J connectivity index is 0.722. The number of anilines is 1. The predicted molar refractivity (Wildman–Crippen MR) is 418 cm³/mol. The fraction of sp³-hybridized carbons (Fsp3) is 0.625. The van der Waals surface area contributed by atoms with Crippen LogP contribution < -0.4 is 25.6 Å². The molecule has 1 aromatic rings. The lowest BCUT2D eigenvalue weighted by Gasteiger charge is -2.59. The van der Waals surface area contributed by atoms with Gasteiger partial charge < -0.3 is 94.1 Å². The van der Waals surface area contributed by atoms with E-state index in [0.29, 0.717) is 18.4 Å². The number of aryl methyl sites for hydroxylation is 1. The van der Waals surface area contributed by atoms with E-state index >= 15 is 0 Å². The molecular weight excluding hydrogens is 1540 g/mol. The molecule has 0 aromatic heterocycles. The number of fused-ring (bicyclic) bond motifs is 7. The molecule has 2 heterocycles. The molecule has 1 saturated heterocycles. The highest BCUT2D eigenvalue weighted by molar-refractivity contribution is 6.28. The average molecular weight is 1650 g/mol. The molecule has 4 saturated carbocycles. The van der Waals surface area contributed by atoms with Crippen LogP contribution in [0.15, 0.2) is 54.2 Å². The van der Waals surface area contributed by atoms with Crippen molar-refractivity contribution in [3.63, 3.8) is 0 Å². The van der Waals surface area contributed by atoms with Crippen LogP contribution in [-0.4, -0.2) is 357 Å². The maximum atomic E-state index is 14.8. The lowest BCUT2D eigenvalue weighted by Crippen LogP contribution is -2.64. The van der Waals surface area contributed by atoms with Crippen LogP contribution in [0.5, 0.6) is 5.75 Å². The summed E-state index contributed by atoms with van der Waals surface area (Å²) in [4.78, 5) is 245. The summed E-state index contributed by atoms with van der Waals surface area (Å²) in [5, 5.41) is 28.9. The maximum absolute atomic E-state index is 14.8. The van der Waals surface area contributed by atoms with Crippen molar-refractivity contribution in [3.05, 3.63) is 59.7 Å². The van der Waals surface area contributed by atoms with Crippen molar-refractivity contribution in [2.75, 3.05) is 161 Å². The number of imide groups is 1. The van der Waals surface area contributed by atoms with Crippen LogP contribution in [0.25, 0.3) is 0 Å². The number of hydrogen-bond donors (Lipinski definition) is 5. The first-order valence-electron chi connectivity index (χ1n) is 39.3. The Morgan fingerprint density at radius 3 is 1.53 bits per heavy atom. The van der Waals surface area contributed by atoms with Gasteiger partial charge in [0.2, 0.25) is 76.8 Å². The number of aliphatic hydroxyl groups is 1. The number of aliphatic hydroxyl groups excluding tert-OH is 1. The Kier molecular flexibility index (Phi) is 31.1. The van der Waals surface area contributed by atoms with E-state index in [1.165, 1.54) is 96.5 Å². The molecule has 0 radical (unpaired) electrons. The number of amides is 15. The van der Waals surface area contributed by atoms with Crippen molar-refractivity contribution >= 4 is 112 Å². The highest BCUT2D eigenvalue weighted by atomic mass is 16.7. The summed E-state index contributed by atoms with van der Waals surface area (Å²) in [5.74, 6) is -11.1. The van der Waals surface area contributed by atoms with E-state index in [1.54, 1.807) is 18.2 Å². The number of likely N-dealkylation sites (N-methyl/N-ethyl adjacent to an activating group) is 10. The molecule has 5 fully saturated rings. The van der Waals surface area contributed by atoms with E-state index in [0.717, 1.165) is 97.3 Å². The molecule has 8 rings (SSSR count). The Hall–Kier alpha value is -10.9. The lowest BCUT2D eigenvalue weighted by molar-refractivity contribution is -0.213. The summed E-state index contributed by atoms with van der Waals surface area (Å²) in [6.45, 7) is 1.04. The summed E-state index contributed by atoms with van der Waals surface area (Å²) in [7, 11) is 13.0. The van der Waals surface area contributed by atoms with Gasteiger partial charge in [-0.15, -0.1) is 0 Å². The number of allylic oxidation sites excluding steroid dienone is 4. The van der Waals surface area contributed by atoms with Gasteiger partial charge in [-0.3, -0.25) is 86.3 Å². The molecule has 15 amide bonds. The number of hydrogen-bond acceptors (Lipinski definition) is 23. The number of nitrogens with one attached hydrogen (secondary N) is 3. The highest BCUT2D eigenvalue weighted by Gasteiger charge is 2.76. The number of rotatable bonds is 39. The van der Waals surface area contributed by atoms with Crippen LogP contribution >= 0.6 is 0 Å². The zero-order chi connectivity index (χ0) is 87.3. The first-order valence-corrected chi connectivity index (χ1v) is 39.3. The topological polar surface area (TPSA) is 456 Å². The lowest BCUT2D eigenvalue weighted by atomic mass is 9.46. The number of nitrogens with zero attached hydrogens (tertiary/aromatic N) is 11. The van der Waals surface area contributed by atoms with Gasteiger partial charge in [-0.25, -0.2) is 4.90 Å². The minimum Gasteiger partial charge on any atom is -0.493 e. The number of ketones is 2. The van der Waals surface area contributed by atoms with Gasteiger partial charge in [0.25, 0.3) is 11.8 Å². The number of carbonyl (C=O) groups is 18. The van der Waals surface area contributed by atoms with Gasteiger partial charge in [-0.05, 0) is 101 Å². The van der Waals surface area contributed by atoms with E-state index in [2.05, 4.69) is 22.9 Å². The summed E-state index contributed by atoms with van der Waals surface area (Å²) in [6.07, 6.45) is 10.3. The quantitative estimate of drug-likeness (QED) is 0.0263. The number of ether oxygens (including phenoxy) is 4. The minimum atomic E-state index is -1.43. The number of aliphatic carboxylic acids is 1. The first-order chi connectivity index (χ1) is 55.4. The smallest absolute Gasteiger partial charge is 0.323 e. The van der Waals surface area contributed by atoms with Crippen molar-refractivity contribution in [1.29, 1.82) is 0 Å². The number of carboxylic acid groups (broad SMARTS) is 1. The zero-order valence-electron chi connectivity index (χ0n) is 69.6. The molecule has 0 spiro atoms. The third-order valence-corrected chi connectivity index (χ3v) is 23.8. The van der Waals surface area contributed by atoms with E-state index in [9.17, 15) is 91.4 Å². The van der Waals surface area contributed by atoms with Crippen molar-refractivity contribution < 1.29 is 115 Å². The fourth-order valence-corrected chi connectivity index (χ4v) is 16.3. The molecule has 38 heteroatoms. The standard InChI is InChI=1S/C80H112N14O24/c1-47(75(113)81-46-115-45-58(97)80-59(117-77(118-80)50-17-15-18-50)33-55-54-24-22-51-31-53(95)28-29-78(51,3)74(54)56(96)34-79(55,80)4)83-76(114)48(2)82-60(98)25-21-49-20-23-52(94-62(100)26-27-63(94)101)32-57(49)116-30-16-19-61(99)84(5)35-64(102)85(6)36-65(103)86(7)37-66(104)87(8)38-67(105)88(9)39-68(106)89(10)40-69(107)90(11)41-70(108)91(12)42-71(109)92(13)43-72(110)93(14)44-73(111)112/h20,23,26-29,31-32,47-48,50,54-56,59,74,77,96H,15-19,21-22,24-25,30,33-46H2,1-14H3,(H,81,113)(H,82,98)(H,83,114)(H,111,112)/t47-,48-,54-,55-,56-,59+,74+,77?,78-,79-,80+/m0/s1. The Bertz CT molecular complexity index is 4180. The second kappa shape index (κ2) is 39.6. The van der Waals surface area contributed by atoms with E-state index in [-0.39, 0.29) is 85.4 Å². The number of carboxylic acids is 1. The van der Waals surface area contributed by atoms with Gasteiger partial charge in [0.1, 0.15) is 37.7 Å². The van der Waals surface area contributed by atoms with Gasteiger partial charge >= 0.3 is 5.97 Å². The van der Waals surface area contributed by atoms with E-state index in [4.69, 9.17) is 24.1 Å². The number of Topliss-reactive ketones (excluding diaryl/α,β-unsaturated/α-hetero) is 1. The molecule has 1 aromatic carbocycles. The van der Waals surface area contributed by atoms with Crippen molar-refractivity contribution in [3.8, 4) is 5.75 Å². The third kappa shape index (κ3) is 21.9. The molecule has 2 aliphatic heterocycles. The fourth-order valence-electron chi connectivity index (χ4n) is 16.3. The van der Waals surface area contributed by atoms with E-state index in [1.807, 2.05) is 13.0 Å². The minimum absolute atomic E-state index is 0.0161. The van der Waals surface area contributed by atoms with Crippen LogP contribution in [0.4, 0.5) is 5.69 Å². The van der Waals surface area contributed by atoms with Crippen LogP contribution in [-0.2, 0) is 107 Å². The van der Waals surface area contributed by atoms with Gasteiger partial charge in [-0.2, -0.15) is 0 Å². The Morgan fingerprint density at radius 1 is 0.593 bits per heavy atom. The number of benzene rings is 1. The molecular formula is C80H112N14O24. The van der Waals surface area contributed by atoms with Crippen LogP contribution in [0.2, 0.25) is 0 Å². The zero-order valence-corrected chi connectivity index (χ0v) is 69.6. The maximum Gasteiger partial charge on any atom is 0.323 e. The summed E-state index contributed by atoms with van der Waals surface area (Å²) in [5.41, 5.74) is -1.14. The molecule has 38 nitrogen and oxygen atoms in total. The van der Waals surface area contributed by atoms with Crippen LogP contribution in [0.3, 0.4) is 0 Å². The van der Waals surface area contributed by atoms with Gasteiger partial charge in [-0.1, -0.05) is 38.0 Å². The highest BCUT2D eigenvalue weighted by Crippen LogP contribution is 2.70. The average Bonchev–Trinajstić information content (AvgIpc) is 1.50. The predicted octanol–water partition coefficient (Wildman–Crippen LogP) is -2.29. The van der Waals surface area contributed by atoms with E-state index < -0.39 is 220 Å². The van der Waals surface area contributed by atoms with Crippen LogP contribution in [0, 0.1) is 34.5 Å². The van der Waals surface area contributed by atoms with Gasteiger partial charge in [0, 0.05) is 124 Å². The van der Waals surface area contributed by atoms with Crippen LogP contribution in [0.1, 0.15) is 97.5 Å². The summed E-state index contributed by atoms with van der Waals surface area (Å²) < 4.78 is 25.5. The third-order valence-electron chi connectivity index (χ3n) is 23.8. The Labute approximate surface area is 684 Å².